The standard InChI is InChI=1S/C18H22O11S2.C14H12Cl2O9S2.2CH4/c1-5-27-30(21,22)17-7-11(19)13(25-3)9-15(17)29-16-10-14(26-4)12(20)8-18(16)31(23,24)28-6-2;1-23-9-5-11(13(3-7(9)17)26(15,19)20)25-12-6-10(24-2)8(18)4-14(12)27(16,21)22;;/h7-10,19-20H,5-6H2,1-4H3;3-6,17-18H,1-2H3;2*1H4. The van der Waals surface area contributed by atoms with Crippen molar-refractivity contribution in [2.75, 3.05) is 41.7 Å². The number of phenols is 4. The van der Waals surface area contributed by atoms with Gasteiger partial charge in [0.05, 0.1) is 41.7 Å². The number of ether oxygens (including phenoxy) is 6. The van der Waals surface area contributed by atoms with Crippen LogP contribution in [0.1, 0.15) is 28.7 Å². The summed E-state index contributed by atoms with van der Waals surface area (Å²) in [6.07, 6.45) is 0. The van der Waals surface area contributed by atoms with E-state index < -0.39 is 104 Å². The van der Waals surface area contributed by atoms with Gasteiger partial charge < -0.3 is 48.8 Å². The summed E-state index contributed by atoms with van der Waals surface area (Å²) in [7, 11) is -2.06. The van der Waals surface area contributed by atoms with Crippen LogP contribution in [0.25, 0.3) is 0 Å². The highest BCUT2D eigenvalue weighted by Crippen LogP contribution is 2.46. The lowest BCUT2D eigenvalue weighted by Crippen LogP contribution is -2.10. The predicted octanol–water partition coefficient (Wildman–Crippen LogP) is 6.39. The Hall–Kier alpha value is -4.82. The van der Waals surface area contributed by atoms with Crippen molar-refractivity contribution < 1.29 is 90.9 Å². The van der Waals surface area contributed by atoms with Crippen LogP contribution in [0, 0.1) is 0 Å². The Kier molecular flexibility index (Phi) is 18.7. The Balaban J connectivity index is 0.000000586. The molecule has 0 atom stereocenters. The molecule has 0 heterocycles. The summed E-state index contributed by atoms with van der Waals surface area (Å²) in [5, 5.41) is 39.6. The fourth-order valence-electron chi connectivity index (χ4n) is 4.54. The van der Waals surface area contributed by atoms with Crippen molar-refractivity contribution >= 4 is 59.7 Å². The second-order valence-electron chi connectivity index (χ2n) is 10.7. The first kappa shape index (κ1) is 53.2. The van der Waals surface area contributed by atoms with E-state index in [0.717, 1.165) is 48.5 Å². The molecule has 26 heteroatoms. The molecule has 0 aliphatic carbocycles. The third kappa shape index (κ3) is 12.6. The van der Waals surface area contributed by atoms with Crippen LogP contribution in [0.5, 0.6) is 69.0 Å². The molecule has 4 aromatic rings. The number of benzene rings is 4. The topological polar surface area (TPSA) is 291 Å². The van der Waals surface area contributed by atoms with E-state index in [1.54, 1.807) is 0 Å². The van der Waals surface area contributed by atoms with Crippen LogP contribution in [0.2, 0.25) is 0 Å². The van der Waals surface area contributed by atoms with Gasteiger partial charge in [-0.2, -0.15) is 16.8 Å². The highest BCUT2D eigenvalue weighted by molar-refractivity contribution is 8.14. The highest BCUT2D eigenvalue weighted by Gasteiger charge is 2.29. The minimum Gasteiger partial charge on any atom is -0.504 e. The van der Waals surface area contributed by atoms with Gasteiger partial charge in [0.2, 0.25) is 0 Å². The molecule has 0 unspecified atom stereocenters. The van der Waals surface area contributed by atoms with E-state index in [2.05, 4.69) is 0 Å². The number of aromatic hydroxyl groups is 4. The largest absolute Gasteiger partial charge is 0.504 e. The summed E-state index contributed by atoms with van der Waals surface area (Å²) in [4.78, 5) is -2.49. The molecule has 0 spiro atoms. The molecule has 20 nitrogen and oxygen atoms in total. The van der Waals surface area contributed by atoms with Gasteiger partial charge in [-0.15, -0.1) is 0 Å². The van der Waals surface area contributed by atoms with Gasteiger partial charge in [0.25, 0.3) is 18.1 Å². The van der Waals surface area contributed by atoms with Crippen LogP contribution in [-0.4, -0.2) is 95.8 Å². The van der Waals surface area contributed by atoms with Crippen molar-refractivity contribution in [1.29, 1.82) is 0 Å². The zero-order valence-corrected chi connectivity index (χ0v) is 35.5. The second-order valence-corrected chi connectivity index (χ2v) is 18.9. The summed E-state index contributed by atoms with van der Waals surface area (Å²) in [6.45, 7) is 2.48. The Morgan fingerprint density at radius 2 is 0.633 bits per heavy atom. The Labute approximate surface area is 356 Å². The number of methoxy groups -OCH3 is 4. The maximum atomic E-state index is 12.5. The van der Waals surface area contributed by atoms with E-state index >= 15 is 0 Å². The first-order valence-corrected chi connectivity index (χ1v) is 23.0. The molecule has 0 bridgehead atoms. The van der Waals surface area contributed by atoms with Crippen LogP contribution >= 0.6 is 21.4 Å². The van der Waals surface area contributed by atoms with Crippen molar-refractivity contribution in [3.8, 4) is 69.0 Å². The summed E-state index contributed by atoms with van der Waals surface area (Å²) >= 11 is 0. The lowest BCUT2D eigenvalue weighted by molar-refractivity contribution is 0.328. The second kappa shape index (κ2) is 21.1. The van der Waals surface area contributed by atoms with Crippen LogP contribution in [0.4, 0.5) is 0 Å². The SMILES string of the molecule is C.C.CCOS(=O)(=O)c1cc(O)c(OC)cc1Oc1cc(OC)c(O)cc1S(=O)(=O)OCC.COc1cc(Oc2cc(OC)c(O)cc2S(=O)(=O)Cl)c(S(=O)(=O)Cl)cc1O. The molecule has 0 saturated heterocycles. The average molecular weight is 970 g/mol. The molecule has 60 heavy (non-hydrogen) atoms. The fourth-order valence-corrected chi connectivity index (χ4v) is 8.53. The molecule has 0 aliphatic rings. The molecule has 0 saturated carbocycles. The quantitative estimate of drug-likeness (QED) is 0.0698. The van der Waals surface area contributed by atoms with Crippen molar-refractivity contribution in [3.63, 3.8) is 0 Å². The minimum atomic E-state index is -4.40. The van der Waals surface area contributed by atoms with E-state index in [9.17, 15) is 54.1 Å². The van der Waals surface area contributed by atoms with E-state index in [4.69, 9.17) is 58.2 Å². The third-order valence-electron chi connectivity index (χ3n) is 7.03. The summed E-state index contributed by atoms with van der Waals surface area (Å²) in [6, 6.07) is 7.26. The molecule has 4 rings (SSSR count). The van der Waals surface area contributed by atoms with Crippen molar-refractivity contribution in [2.45, 2.75) is 48.3 Å². The van der Waals surface area contributed by atoms with Crippen LogP contribution < -0.4 is 28.4 Å². The molecule has 336 valence electrons. The van der Waals surface area contributed by atoms with Crippen LogP contribution in [-0.2, 0) is 46.7 Å². The van der Waals surface area contributed by atoms with Crippen molar-refractivity contribution in [2.24, 2.45) is 0 Å². The highest BCUT2D eigenvalue weighted by atomic mass is 35.7. The normalized spacial score (nSPS) is 11.5. The molecular weight excluding hydrogens is 928 g/mol. The molecule has 0 amide bonds. The van der Waals surface area contributed by atoms with E-state index in [0.29, 0.717) is 0 Å². The first-order valence-electron chi connectivity index (χ1n) is 15.6. The number of rotatable bonds is 16. The van der Waals surface area contributed by atoms with Gasteiger partial charge in [0.15, 0.2) is 69.0 Å². The van der Waals surface area contributed by atoms with Gasteiger partial charge in [-0.3, -0.25) is 8.37 Å². The maximum absolute atomic E-state index is 12.5. The van der Waals surface area contributed by atoms with Crippen LogP contribution in [0.15, 0.2) is 68.1 Å². The molecule has 4 aromatic carbocycles. The van der Waals surface area contributed by atoms with E-state index in [1.807, 2.05) is 0 Å². The van der Waals surface area contributed by atoms with Gasteiger partial charge in [0, 0.05) is 69.9 Å². The van der Waals surface area contributed by atoms with Gasteiger partial charge in [0.1, 0.15) is 19.6 Å². The van der Waals surface area contributed by atoms with Gasteiger partial charge in [-0.1, -0.05) is 14.9 Å². The third-order valence-corrected chi connectivity index (χ3v) is 12.5. The fraction of sp³-hybridized carbons (Fsp3) is 0.294. The molecule has 0 fully saturated rings. The number of hydrogen-bond acceptors (Lipinski definition) is 20. The maximum Gasteiger partial charge on any atom is 0.300 e. The lowest BCUT2D eigenvalue weighted by Gasteiger charge is -2.17. The molecular formula is C34H42Cl2O20S4. The van der Waals surface area contributed by atoms with Gasteiger partial charge >= 0.3 is 20.2 Å². The molecule has 0 aliphatic heterocycles. The minimum absolute atomic E-state index is 0. The monoisotopic (exact) mass is 968 g/mol. The summed E-state index contributed by atoms with van der Waals surface area (Å²) < 4.78 is 137. The van der Waals surface area contributed by atoms with E-state index in [1.165, 1.54) is 42.3 Å². The number of hydrogen-bond donors (Lipinski definition) is 4. The first-order chi connectivity index (χ1) is 26.9. The van der Waals surface area contributed by atoms with Crippen LogP contribution in [0.3, 0.4) is 0 Å². The number of halogens is 2. The summed E-state index contributed by atoms with van der Waals surface area (Å²) in [5.74, 6) is -4.51. The predicted molar refractivity (Wildman–Crippen MR) is 216 cm³/mol. The average Bonchev–Trinajstić information content (AvgIpc) is 3.13. The Bertz CT molecular complexity index is 2440. The zero-order chi connectivity index (χ0) is 44.0. The molecule has 4 N–H and O–H groups in total. The van der Waals surface area contributed by atoms with Gasteiger partial charge in [-0.05, 0) is 13.8 Å². The lowest BCUT2D eigenvalue weighted by atomic mass is 10.2. The molecule has 0 radical (unpaired) electrons. The van der Waals surface area contributed by atoms with Crippen molar-refractivity contribution in [1.82, 2.24) is 0 Å². The van der Waals surface area contributed by atoms with Crippen molar-refractivity contribution in [3.05, 3.63) is 48.5 Å². The smallest absolute Gasteiger partial charge is 0.300 e. The van der Waals surface area contributed by atoms with E-state index in [-0.39, 0.29) is 51.1 Å². The van der Waals surface area contributed by atoms with Gasteiger partial charge in [-0.25, -0.2) is 16.8 Å². The Morgan fingerprint density at radius 1 is 0.417 bits per heavy atom. The zero-order valence-electron chi connectivity index (χ0n) is 30.7. The summed E-state index contributed by atoms with van der Waals surface area (Å²) in [5.41, 5.74) is 0. The Morgan fingerprint density at radius 3 is 0.833 bits per heavy atom. The number of phenolic OH excluding ortho intramolecular Hbond substituents is 4. The molecule has 0 aromatic heterocycles.